The van der Waals surface area contributed by atoms with Crippen LogP contribution in [0.4, 0.5) is 13.2 Å². The van der Waals surface area contributed by atoms with Crippen molar-refractivity contribution in [1.29, 1.82) is 0 Å². The van der Waals surface area contributed by atoms with Gasteiger partial charge in [-0.25, -0.2) is 0 Å². The number of hydrogen-bond acceptors (Lipinski definition) is 2. The first-order valence-electron chi connectivity index (χ1n) is 9.61. The highest BCUT2D eigenvalue weighted by molar-refractivity contribution is 5.92. The van der Waals surface area contributed by atoms with Crippen LogP contribution < -0.4 is 5.32 Å². The summed E-state index contributed by atoms with van der Waals surface area (Å²) in [6.07, 6.45) is -2.32. The normalized spacial score (nSPS) is 13.0. The molecule has 0 saturated heterocycles. The molecule has 0 spiro atoms. The molecule has 156 valence electrons. The molecule has 0 bridgehead atoms. The highest BCUT2D eigenvalue weighted by atomic mass is 19.4. The second-order valence-corrected chi connectivity index (χ2v) is 7.84. The largest absolute Gasteiger partial charge is 0.416 e. The Kier molecular flexibility index (Phi) is 6.25. The zero-order chi connectivity index (χ0) is 21.8. The van der Waals surface area contributed by atoms with Crippen LogP contribution in [-0.2, 0) is 6.18 Å². The number of alkyl halides is 3. The maximum absolute atomic E-state index is 13.0. The topological polar surface area (TPSA) is 42.0 Å². The van der Waals surface area contributed by atoms with Crippen LogP contribution >= 0.6 is 0 Å². The van der Waals surface area contributed by atoms with Gasteiger partial charge in [-0.15, -0.1) is 0 Å². The van der Waals surface area contributed by atoms with Crippen LogP contribution in [0, 0.1) is 0 Å². The summed E-state index contributed by atoms with van der Waals surface area (Å²) in [7, 11) is 0. The maximum Gasteiger partial charge on any atom is 0.416 e. The van der Waals surface area contributed by atoms with Crippen LogP contribution in [0.3, 0.4) is 0 Å². The Bertz CT molecular complexity index is 969. The van der Waals surface area contributed by atoms with Gasteiger partial charge < -0.3 is 5.32 Å². The number of amides is 1. The summed E-state index contributed by atoms with van der Waals surface area (Å²) in [5.41, 5.74) is 0.738. The van der Waals surface area contributed by atoms with Crippen molar-refractivity contribution in [2.45, 2.75) is 37.9 Å². The fourth-order valence-corrected chi connectivity index (χ4v) is 3.45. The van der Waals surface area contributed by atoms with Gasteiger partial charge in [0.15, 0.2) is 0 Å². The van der Waals surface area contributed by atoms with Crippen molar-refractivity contribution in [3.8, 4) is 0 Å². The molecule has 0 unspecified atom stereocenters. The molecule has 0 aliphatic rings. The number of benzene rings is 2. The lowest BCUT2D eigenvalue weighted by atomic mass is 9.81. The van der Waals surface area contributed by atoms with Gasteiger partial charge in [-0.2, -0.15) is 13.2 Å². The van der Waals surface area contributed by atoms with Crippen LogP contribution in [0.15, 0.2) is 79.0 Å². The first kappa shape index (κ1) is 21.6. The molecule has 1 heterocycles. The first-order valence-corrected chi connectivity index (χ1v) is 9.61. The fourth-order valence-electron chi connectivity index (χ4n) is 3.45. The number of rotatable bonds is 6. The molecule has 3 nitrogen and oxygen atoms in total. The lowest BCUT2D eigenvalue weighted by Crippen LogP contribution is -2.44. The third kappa shape index (κ3) is 5.47. The molecule has 0 saturated carbocycles. The summed E-state index contributed by atoms with van der Waals surface area (Å²) in [4.78, 5) is 16.6. The SMILES string of the molecule is CC(C)(C[C@@H](c1ccccc1)c1ccc(C(F)(F)F)cc1)NC(=O)c1ccccn1. The number of pyridine rings is 1. The molecule has 1 atom stereocenters. The zero-order valence-corrected chi connectivity index (χ0v) is 16.8. The number of halogens is 3. The monoisotopic (exact) mass is 412 g/mol. The van der Waals surface area contributed by atoms with Crippen molar-refractivity contribution < 1.29 is 18.0 Å². The smallest absolute Gasteiger partial charge is 0.346 e. The predicted octanol–water partition coefficient (Wildman–Crippen LogP) is 5.83. The molecular weight excluding hydrogens is 389 g/mol. The van der Waals surface area contributed by atoms with Crippen molar-refractivity contribution in [3.63, 3.8) is 0 Å². The van der Waals surface area contributed by atoms with E-state index in [1.54, 1.807) is 24.4 Å². The van der Waals surface area contributed by atoms with Crippen molar-refractivity contribution in [2.24, 2.45) is 0 Å². The Morgan fingerprint density at radius 1 is 0.900 bits per heavy atom. The quantitative estimate of drug-likeness (QED) is 0.553. The predicted molar refractivity (Wildman–Crippen MR) is 110 cm³/mol. The van der Waals surface area contributed by atoms with E-state index in [1.165, 1.54) is 12.1 Å². The molecule has 0 aliphatic carbocycles. The van der Waals surface area contributed by atoms with E-state index < -0.39 is 17.3 Å². The standard InChI is InChI=1S/C24H23F3N2O/c1-23(2,29-22(30)21-10-6-7-15-28-21)16-20(17-8-4-3-5-9-17)18-11-13-19(14-12-18)24(25,26)27/h3-15,20H,16H2,1-2H3,(H,29,30)/t20-/m0/s1. The van der Waals surface area contributed by atoms with E-state index in [0.717, 1.165) is 23.3 Å². The molecule has 3 rings (SSSR count). The van der Waals surface area contributed by atoms with Crippen LogP contribution in [0.5, 0.6) is 0 Å². The minimum Gasteiger partial charge on any atom is -0.346 e. The summed E-state index contributed by atoms with van der Waals surface area (Å²) in [5.74, 6) is -0.479. The number of carbonyl (C=O) groups excluding carboxylic acids is 1. The van der Waals surface area contributed by atoms with E-state index in [-0.39, 0.29) is 11.8 Å². The summed E-state index contributed by atoms with van der Waals surface area (Å²) >= 11 is 0. The number of carbonyl (C=O) groups is 1. The third-order valence-corrected chi connectivity index (χ3v) is 4.91. The molecule has 1 N–H and O–H groups in total. The minimum absolute atomic E-state index is 0.187. The van der Waals surface area contributed by atoms with Gasteiger partial charge in [-0.05, 0) is 55.7 Å². The number of aromatic nitrogens is 1. The van der Waals surface area contributed by atoms with Gasteiger partial charge in [0.05, 0.1) is 5.56 Å². The average Bonchev–Trinajstić information content (AvgIpc) is 2.72. The van der Waals surface area contributed by atoms with Crippen LogP contribution in [0.25, 0.3) is 0 Å². The van der Waals surface area contributed by atoms with Gasteiger partial charge in [0.2, 0.25) is 0 Å². The summed E-state index contributed by atoms with van der Waals surface area (Å²) < 4.78 is 38.9. The van der Waals surface area contributed by atoms with Crippen molar-refractivity contribution in [3.05, 3.63) is 101 Å². The highest BCUT2D eigenvalue weighted by Crippen LogP contribution is 2.35. The van der Waals surface area contributed by atoms with Crippen LogP contribution in [0.1, 0.15) is 53.4 Å². The van der Waals surface area contributed by atoms with Gasteiger partial charge in [0.25, 0.3) is 5.91 Å². The number of nitrogens with one attached hydrogen (secondary N) is 1. The average molecular weight is 412 g/mol. The van der Waals surface area contributed by atoms with E-state index in [1.807, 2.05) is 44.2 Å². The van der Waals surface area contributed by atoms with Crippen molar-refractivity contribution in [2.75, 3.05) is 0 Å². The summed E-state index contributed by atoms with van der Waals surface area (Å²) in [5, 5.41) is 3.00. The van der Waals surface area contributed by atoms with Gasteiger partial charge in [0, 0.05) is 17.7 Å². The molecule has 0 fully saturated rings. The number of nitrogens with zero attached hydrogens (tertiary/aromatic N) is 1. The molecule has 6 heteroatoms. The Morgan fingerprint density at radius 3 is 2.07 bits per heavy atom. The Morgan fingerprint density at radius 2 is 1.50 bits per heavy atom. The highest BCUT2D eigenvalue weighted by Gasteiger charge is 2.31. The molecule has 2 aromatic carbocycles. The lowest BCUT2D eigenvalue weighted by Gasteiger charge is -2.31. The van der Waals surface area contributed by atoms with Gasteiger partial charge in [-0.3, -0.25) is 9.78 Å². The van der Waals surface area contributed by atoms with E-state index in [0.29, 0.717) is 12.1 Å². The Labute approximate surface area is 174 Å². The molecule has 30 heavy (non-hydrogen) atoms. The molecule has 1 aromatic heterocycles. The van der Waals surface area contributed by atoms with E-state index in [4.69, 9.17) is 0 Å². The molecule has 0 aliphatic heterocycles. The minimum atomic E-state index is -4.38. The fraction of sp³-hybridized carbons (Fsp3) is 0.250. The van der Waals surface area contributed by atoms with Crippen LogP contribution in [0.2, 0.25) is 0 Å². The summed E-state index contributed by atoms with van der Waals surface area (Å²) in [6.45, 7) is 3.79. The van der Waals surface area contributed by atoms with Crippen molar-refractivity contribution in [1.82, 2.24) is 10.3 Å². The molecule has 3 aromatic rings. The third-order valence-electron chi connectivity index (χ3n) is 4.91. The summed E-state index contributed by atoms with van der Waals surface area (Å²) in [6, 6.07) is 19.9. The second-order valence-electron chi connectivity index (χ2n) is 7.84. The Balaban J connectivity index is 1.87. The zero-order valence-electron chi connectivity index (χ0n) is 16.8. The van der Waals surface area contributed by atoms with E-state index in [2.05, 4.69) is 10.3 Å². The maximum atomic E-state index is 13.0. The number of hydrogen-bond donors (Lipinski definition) is 1. The van der Waals surface area contributed by atoms with Crippen molar-refractivity contribution >= 4 is 5.91 Å². The van der Waals surface area contributed by atoms with E-state index >= 15 is 0 Å². The van der Waals surface area contributed by atoms with E-state index in [9.17, 15) is 18.0 Å². The first-order chi connectivity index (χ1) is 14.2. The van der Waals surface area contributed by atoms with Crippen LogP contribution in [-0.4, -0.2) is 16.4 Å². The van der Waals surface area contributed by atoms with Gasteiger partial charge in [-0.1, -0.05) is 48.5 Å². The molecular formula is C24H23F3N2O. The second kappa shape index (κ2) is 8.69. The van der Waals surface area contributed by atoms with Gasteiger partial charge in [0.1, 0.15) is 5.69 Å². The van der Waals surface area contributed by atoms with Gasteiger partial charge >= 0.3 is 6.18 Å². The lowest BCUT2D eigenvalue weighted by molar-refractivity contribution is -0.137. The molecule has 1 amide bonds. The molecule has 0 radical (unpaired) electrons. The Hall–Kier alpha value is -3.15.